The number of fused-ring (bicyclic) bond motifs is 2. The number of rotatable bonds is 19. The first-order valence-electron chi connectivity index (χ1n) is 26.4. The maximum atomic E-state index is 14.5. The first-order valence-corrected chi connectivity index (χ1v) is 26.4. The minimum absolute atomic E-state index is 0.0348. The number of Topliss-reactive ketones (excluding diaryl/α,β-unsaturated/α-hetero) is 2. The summed E-state index contributed by atoms with van der Waals surface area (Å²) in [7, 11) is 1.67. The average molecular weight is 1060 g/mol. The molecule has 76 heavy (non-hydrogen) atoms. The van der Waals surface area contributed by atoms with Gasteiger partial charge < -0.3 is 45.0 Å². The van der Waals surface area contributed by atoms with Crippen LogP contribution in [0.1, 0.15) is 101 Å². The number of nitrogens with one attached hydrogen (secondary N) is 5. The van der Waals surface area contributed by atoms with Crippen molar-refractivity contribution in [2.24, 2.45) is 22.7 Å². The monoisotopic (exact) mass is 1060 g/mol. The Morgan fingerprint density at radius 1 is 0.645 bits per heavy atom. The van der Waals surface area contributed by atoms with E-state index in [0.29, 0.717) is 30.6 Å². The van der Waals surface area contributed by atoms with Crippen molar-refractivity contribution >= 4 is 70.6 Å². The highest BCUT2D eigenvalue weighted by molar-refractivity contribution is 6.36. The molecule has 4 saturated heterocycles. The van der Waals surface area contributed by atoms with Gasteiger partial charge in [0.15, 0.2) is 0 Å². The van der Waals surface area contributed by atoms with Gasteiger partial charge in [-0.1, -0.05) is 91.8 Å². The van der Waals surface area contributed by atoms with Crippen LogP contribution in [-0.4, -0.2) is 167 Å². The van der Waals surface area contributed by atoms with Gasteiger partial charge in [-0.25, -0.2) is 9.59 Å². The number of hydrogen-bond acceptors (Lipinski definition) is 13. The van der Waals surface area contributed by atoms with Crippen molar-refractivity contribution in [3.63, 3.8) is 0 Å². The van der Waals surface area contributed by atoms with E-state index in [-0.39, 0.29) is 62.0 Å². The van der Waals surface area contributed by atoms with Crippen molar-refractivity contribution in [1.82, 2.24) is 35.6 Å². The molecule has 0 aliphatic carbocycles. The molecule has 2 aromatic carbocycles. The van der Waals surface area contributed by atoms with Gasteiger partial charge in [0.1, 0.15) is 24.0 Å². The minimum atomic E-state index is -1.10. The van der Waals surface area contributed by atoms with E-state index in [1.165, 1.54) is 9.80 Å². The lowest BCUT2D eigenvalue weighted by atomic mass is 9.76. The van der Waals surface area contributed by atoms with Crippen LogP contribution in [0.4, 0.5) is 21.0 Å². The summed E-state index contributed by atoms with van der Waals surface area (Å²) in [6.07, 6.45) is -3.36. The number of carbonyl (C=O) groups excluding carboxylic acids is 10. The number of ether oxygens (including phenoxy) is 2. The van der Waals surface area contributed by atoms with E-state index < -0.39 is 120 Å². The Hall–Kier alpha value is -6.90. The molecule has 4 aliphatic rings. The van der Waals surface area contributed by atoms with Crippen LogP contribution < -0.4 is 26.6 Å². The van der Waals surface area contributed by atoms with Crippen LogP contribution in [0.2, 0.25) is 0 Å². The number of anilines is 2. The molecule has 0 unspecified atom stereocenters. The van der Waals surface area contributed by atoms with Crippen LogP contribution in [0.3, 0.4) is 0 Å². The molecule has 0 saturated carbocycles. The predicted molar refractivity (Wildman–Crippen MR) is 281 cm³/mol. The fourth-order valence-corrected chi connectivity index (χ4v) is 10.6. The van der Waals surface area contributed by atoms with Gasteiger partial charge in [-0.05, 0) is 68.3 Å². The normalized spacial score (nSPS) is 22.6. The minimum Gasteiger partial charge on any atom is -0.442 e. The molecular weight excluding hydrogens is 979 g/mol. The standard InChI is InChI=1S/C55H77N9O12/c1-11-32(2)48(69)60-47(55(7,8)9)51(72)62-27-25-37-46(62)41(75-52(73)58-34-18-14-12-15-19-34)30-63(37)43(67)23-22-39(65)49(70)57-29-44(68)64-31-42(76-53(74)59-35-20-16-13-17-21-35)45-38(64)24-26-61(45)50(71)36(54(4,5)6)28-40(66)33(3)56-10/h12-21,32-33,36-38,41-42,45-47,56H,11,22-31H2,1-10H3,(H,57,70)(H,58,73)(H,59,74)(H,60,69)/t32-,33+,36-,37-,38-,41+,42+,45+,46+,47-/m1/s1. The summed E-state index contributed by atoms with van der Waals surface area (Å²) in [5, 5.41) is 13.6. The Kier molecular flexibility index (Phi) is 19.1. The number of ketones is 2. The Bertz CT molecular complexity index is 2310. The lowest BCUT2D eigenvalue weighted by Gasteiger charge is -2.37. The molecule has 21 heteroatoms. The van der Waals surface area contributed by atoms with Crippen molar-refractivity contribution < 1.29 is 57.4 Å². The van der Waals surface area contributed by atoms with Crippen molar-refractivity contribution in [2.75, 3.05) is 50.4 Å². The van der Waals surface area contributed by atoms with Crippen molar-refractivity contribution in [3.8, 4) is 0 Å². The molecule has 10 atom stereocenters. The van der Waals surface area contributed by atoms with Gasteiger partial charge in [0.25, 0.3) is 5.91 Å². The van der Waals surface area contributed by atoms with Gasteiger partial charge in [0.2, 0.25) is 35.3 Å². The molecule has 4 heterocycles. The Labute approximate surface area is 445 Å². The second-order valence-corrected chi connectivity index (χ2v) is 22.5. The third kappa shape index (κ3) is 13.9. The van der Waals surface area contributed by atoms with Crippen molar-refractivity contribution in [3.05, 3.63) is 60.7 Å². The first-order chi connectivity index (χ1) is 35.8. The third-order valence-corrected chi connectivity index (χ3v) is 15.3. The summed E-state index contributed by atoms with van der Waals surface area (Å²) in [6, 6.07) is 13.0. The maximum absolute atomic E-state index is 14.5. The molecule has 6 rings (SSSR count). The number of likely N-dealkylation sites (tertiary alicyclic amines) is 4. The number of para-hydroxylation sites is 2. The number of benzene rings is 2. The summed E-state index contributed by atoms with van der Waals surface area (Å²) in [5.41, 5.74) is -0.417. The van der Waals surface area contributed by atoms with Gasteiger partial charge in [-0.15, -0.1) is 0 Å². The van der Waals surface area contributed by atoms with Crippen molar-refractivity contribution in [2.45, 2.75) is 149 Å². The van der Waals surface area contributed by atoms with Crippen LogP contribution in [0, 0.1) is 22.7 Å². The molecular formula is C55H77N9O12. The van der Waals surface area contributed by atoms with E-state index in [2.05, 4.69) is 26.6 Å². The second-order valence-electron chi connectivity index (χ2n) is 22.5. The molecule has 4 fully saturated rings. The van der Waals surface area contributed by atoms with E-state index in [9.17, 15) is 47.9 Å². The molecule has 414 valence electrons. The summed E-state index contributed by atoms with van der Waals surface area (Å²) in [5.74, 6) is -5.39. The van der Waals surface area contributed by atoms with Crippen LogP contribution >= 0.6 is 0 Å². The molecule has 8 amide bonds. The lowest BCUT2D eigenvalue weighted by molar-refractivity contribution is -0.144. The number of amides is 8. The van der Waals surface area contributed by atoms with Crippen LogP contribution in [0.5, 0.6) is 0 Å². The van der Waals surface area contributed by atoms with Gasteiger partial charge in [0.05, 0.1) is 49.8 Å². The Morgan fingerprint density at radius 2 is 1.13 bits per heavy atom. The zero-order valence-corrected chi connectivity index (χ0v) is 45.5. The summed E-state index contributed by atoms with van der Waals surface area (Å²) >= 11 is 0. The Balaban J connectivity index is 1.11. The number of likely N-dealkylation sites (N-methyl/N-ethyl adjacent to an activating group) is 1. The van der Waals surface area contributed by atoms with E-state index in [1.54, 1.807) is 91.4 Å². The largest absolute Gasteiger partial charge is 0.442 e. The molecule has 0 spiro atoms. The molecule has 21 nitrogen and oxygen atoms in total. The van der Waals surface area contributed by atoms with Gasteiger partial charge in [-0.2, -0.15) is 0 Å². The molecule has 4 aliphatic heterocycles. The molecule has 5 N–H and O–H groups in total. The summed E-state index contributed by atoms with van der Waals surface area (Å²) in [4.78, 5) is 143. The van der Waals surface area contributed by atoms with E-state index in [1.807, 2.05) is 48.5 Å². The number of carbonyl (C=O) groups is 10. The fourth-order valence-electron chi connectivity index (χ4n) is 10.6. The van der Waals surface area contributed by atoms with Crippen molar-refractivity contribution in [1.29, 1.82) is 0 Å². The zero-order valence-electron chi connectivity index (χ0n) is 45.5. The SMILES string of the molecule is CC[C@@H](C)C(=O)N[C@H](C(=O)N1CC[C@@H]2[C@H]1[C@@H](OC(=O)Nc1ccccc1)CN2C(=O)CCC(=O)C(=O)NCC(=O)N1C[C@H](OC(=O)Nc2ccccc2)[C@@H]2[C@H]1CCN2C(=O)[C@@H](CC(=O)[C@H](C)NC)C(C)(C)C)C(C)(C)C. The maximum Gasteiger partial charge on any atom is 0.412 e. The Morgan fingerprint density at radius 3 is 1.59 bits per heavy atom. The lowest BCUT2D eigenvalue weighted by Crippen LogP contribution is -2.58. The number of nitrogens with zero attached hydrogens (tertiary/aromatic N) is 4. The highest BCUT2D eigenvalue weighted by atomic mass is 16.6. The first kappa shape index (κ1) is 58.4. The highest BCUT2D eigenvalue weighted by Gasteiger charge is 2.57. The molecule has 0 radical (unpaired) electrons. The van der Waals surface area contributed by atoms with E-state index >= 15 is 0 Å². The number of hydrogen-bond donors (Lipinski definition) is 5. The zero-order chi connectivity index (χ0) is 55.8. The summed E-state index contributed by atoms with van der Waals surface area (Å²) < 4.78 is 11.9. The molecule has 2 aromatic rings. The quantitative estimate of drug-likeness (QED) is 0.124. The third-order valence-electron chi connectivity index (χ3n) is 15.3. The average Bonchev–Trinajstić information content (AvgIpc) is 4.17. The van der Waals surface area contributed by atoms with E-state index in [4.69, 9.17) is 9.47 Å². The summed E-state index contributed by atoms with van der Waals surface area (Å²) in [6.45, 7) is 16.1. The molecule has 0 bridgehead atoms. The smallest absolute Gasteiger partial charge is 0.412 e. The topological polar surface area (TPSA) is 262 Å². The fraction of sp³-hybridized carbons (Fsp3) is 0.600. The van der Waals surface area contributed by atoms with Gasteiger partial charge in [-0.3, -0.25) is 49.0 Å². The van der Waals surface area contributed by atoms with Crippen LogP contribution in [0.25, 0.3) is 0 Å². The predicted octanol–water partition coefficient (Wildman–Crippen LogP) is 4.12. The van der Waals surface area contributed by atoms with Gasteiger partial charge >= 0.3 is 12.2 Å². The molecule has 0 aromatic heterocycles. The van der Waals surface area contributed by atoms with Crippen LogP contribution in [-0.2, 0) is 47.8 Å². The van der Waals surface area contributed by atoms with Gasteiger partial charge in [0, 0.05) is 55.6 Å². The van der Waals surface area contributed by atoms with Crippen LogP contribution in [0.15, 0.2) is 60.7 Å². The second kappa shape index (κ2) is 24.8. The van der Waals surface area contributed by atoms with E-state index in [0.717, 1.165) is 0 Å². The highest BCUT2D eigenvalue weighted by Crippen LogP contribution is 2.40.